The van der Waals surface area contributed by atoms with Crippen LogP contribution >= 0.6 is 0 Å². The van der Waals surface area contributed by atoms with Gasteiger partial charge in [0.1, 0.15) is 0 Å². The standard InChI is InChI=1S/C10H23N3/c1-9(11)3-5-12-7-10-4-6-13(2)8-10/h9-10,12H,3-8,11H2,1-2H3. The van der Waals surface area contributed by atoms with Gasteiger partial charge in [-0.15, -0.1) is 0 Å². The second kappa shape index (κ2) is 5.58. The Morgan fingerprint density at radius 3 is 2.92 bits per heavy atom. The van der Waals surface area contributed by atoms with E-state index in [2.05, 4.69) is 24.2 Å². The molecule has 1 aliphatic heterocycles. The van der Waals surface area contributed by atoms with Gasteiger partial charge < -0.3 is 16.0 Å². The van der Waals surface area contributed by atoms with Crippen LogP contribution in [0.3, 0.4) is 0 Å². The van der Waals surface area contributed by atoms with Crippen molar-refractivity contribution >= 4 is 0 Å². The molecule has 1 aliphatic rings. The van der Waals surface area contributed by atoms with Gasteiger partial charge in [0.05, 0.1) is 0 Å². The average Bonchev–Trinajstić information content (AvgIpc) is 2.45. The molecule has 1 fully saturated rings. The molecule has 0 saturated carbocycles. The first-order valence-electron chi connectivity index (χ1n) is 5.33. The van der Waals surface area contributed by atoms with Gasteiger partial charge in [-0.25, -0.2) is 0 Å². The van der Waals surface area contributed by atoms with Crippen molar-refractivity contribution in [3.8, 4) is 0 Å². The van der Waals surface area contributed by atoms with Crippen LogP contribution in [0.25, 0.3) is 0 Å². The monoisotopic (exact) mass is 185 g/mol. The van der Waals surface area contributed by atoms with Gasteiger partial charge in [0.15, 0.2) is 0 Å². The highest BCUT2D eigenvalue weighted by molar-refractivity contribution is 4.74. The molecule has 0 aliphatic carbocycles. The molecule has 0 bridgehead atoms. The van der Waals surface area contributed by atoms with Gasteiger partial charge in [-0.2, -0.15) is 0 Å². The van der Waals surface area contributed by atoms with E-state index in [1.54, 1.807) is 0 Å². The average molecular weight is 185 g/mol. The van der Waals surface area contributed by atoms with Crippen LogP contribution in [0.5, 0.6) is 0 Å². The quantitative estimate of drug-likeness (QED) is 0.604. The van der Waals surface area contributed by atoms with E-state index in [1.807, 2.05) is 0 Å². The van der Waals surface area contributed by atoms with Crippen molar-refractivity contribution in [2.45, 2.75) is 25.8 Å². The lowest BCUT2D eigenvalue weighted by molar-refractivity contribution is 0.387. The maximum Gasteiger partial charge on any atom is 0.00225 e. The SMILES string of the molecule is CC(N)CCNCC1CCN(C)C1. The summed E-state index contributed by atoms with van der Waals surface area (Å²) in [5.41, 5.74) is 5.66. The van der Waals surface area contributed by atoms with Gasteiger partial charge in [-0.1, -0.05) is 0 Å². The summed E-state index contributed by atoms with van der Waals surface area (Å²) in [6, 6.07) is 0.332. The number of nitrogens with zero attached hydrogens (tertiary/aromatic N) is 1. The highest BCUT2D eigenvalue weighted by Crippen LogP contribution is 2.12. The topological polar surface area (TPSA) is 41.3 Å². The van der Waals surface area contributed by atoms with Crippen molar-refractivity contribution in [1.82, 2.24) is 10.2 Å². The van der Waals surface area contributed by atoms with Gasteiger partial charge in [-0.3, -0.25) is 0 Å². The number of hydrogen-bond acceptors (Lipinski definition) is 3. The first-order chi connectivity index (χ1) is 6.18. The van der Waals surface area contributed by atoms with Crippen LogP contribution in [-0.2, 0) is 0 Å². The molecule has 3 heteroatoms. The molecule has 3 N–H and O–H groups in total. The Morgan fingerprint density at radius 1 is 1.62 bits per heavy atom. The summed E-state index contributed by atoms with van der Waals surface area (Å²) in [7, 11) is 2.20. The zero-order valence-corrected chi connectivity index (χ0v) is 8.92. The summed E-state index contributed by atoms with van der Waals surface area (Å²) in [4.78, 5) is 2.40. The Kier molecular flexibility index (Phi) is 4.70. The summed E-state index contributed by atoms with van der Waals surface area (Å²) in [6.07, 6.45) is 2.43. The smallest absolute Gasteiger partial charge is 0.00225 e. The molecule has 1 saturated heterocycles. The number of rotatable bonds is 5. The molecule has 0 amide bonds. The van der Waals surface area contributed by atoms with Gasteiger partial charge in [0.25, 0.3) is 0 Å². The Labute approximate surface area is 81.7 Å². The third-order valence-electron chi connectivity index (χ3n) is 2.70. The van der Waals surface area contributed by atoms with Crippen molar-refractivity contribution in [2.24, 2.45) is 11.7 Å². The van der Waals surface area contributed by atoms with Crippen molar-refractivity contribution in [3.05, 3.63) is 0 Å². The summed E-state index contributed by atoms with van der Waals surface area (Å²) < 4.78 is 0. The summed E-state index contributed by atoms with van der Waals surface area (Å²) in [5, 5.41) is 3.47. The minimum Gasteiger partial charge on any atom is -0.328 e. The third-order valence-corrected chi connectivity index (χ3v) is 2.70. The molecule has 2 atom stereocenters. The number of nitrogens with two attached hydrogens (primary N) is 1. The van der Waals surface area contributed by atoms with Crippen molar-refractivity contribution < 1.29 is 0 Å². The van der Waals surface area contributed by atoms with Gasteiger partial charge >= 0.3 is 0 Å². The van der Waals surface area contributed by atoms with Crippen LogP contribution in [0.2, 0.25) is 0 Å². The predicted molar refractivity (Wildman–Crippen MR) is 56.7 cm³/mol. The molecule has 0 aromatic rings. The zero-order valence-electron chi connectivity index (χ0n) is 8.92. The Hall–Kier alpha value is -0.120. The van der Waals surface area contributed by atoms with Crippen LogP contribution < -0.4 is 11.1 Å². The molecule has 13 heavy (non-hydrogen) atoms. The van der Waals surface area contributed by atoms with E-state index in [0.717, 1.165) is 25.4 Å². The second-order valence-corrected chi connectivity index (χ2v) is 4.39. The van der Waals surface area contributed by atoms with E-state index < -0.39 is 0 Å². The Bertz CT molecular complexity index is 136. The molecule has 2 unspecified atom stereocenters. The highest BCUT2D eigenvalue weighted by Gasteiger charge is 2.18. The van der Waals surface area contributed by atoms with Crippen LogP contribution in [0.4, 0.5) is 0 Å². The number of likely N-dealkylation sites (tertiary alicyclic amines) is 1. The maximum absolute atomic E-state index is 5.66. The van der Waals surface area contributed by atoms with E-state index in [0.29, 0.717) is 6.04 Å². The fourth-order valence-electron chi connectivity index (χ4n) is 1.83. The summed E-state index contributed by atoms with van der Waals surface area (Å²) in [6.45, 7) is 6.81. The third kappa shape index (κ3) is 4.60. The first kappa shape index (κ1) is 11.0. The second-order valence-electron chi connectivity index (χ2n) is 4.39. The summed E-state index contributed by atoms with van der Waals surface area (Å²) >= 11 is 0. The zero-order chi connectivity index (χ0) is 9.68. The van der Waals surface area contributed by atoms with Crippen molar-refractivity contribution in [1.29, 1.82) is 0 Å². The largest absolute Gasteiger partial charge is 0.328 e. The lowest BCUT2D eigenvalue weighted by Gasteiger charge is -2.12. The minimum absolute atomic E-state index is 0.332. The van der Waals surface area contributed by atoms with E-state index in [-0.39, 0.29) is 0 Å². The Balaban J connectivity index is 1.94. The molecule has 0 aromatic carbocycles. The van der Waals surface area contributed by atoms with E-state index in [4.69, 9.17) is 5.73 Å². The fraction of sp³-hybridized carbons (Fsp3) is 1.00. The molecule has 78 valence electrons. The molecule has 0 aromatic heterocycles. The number of hydrogen-bond donors (Lipinski definition) is 2. The first-order valence-corrected chi connectivity index (χ1v) is 5.33. The fourth-order valence-corrected chi connectivity index (χ4v) is 1.83. The van der Waals surface area contributed by atoms with Crippen molar-refractivity contribution in [2.75, 3.05) is 33.2 Å². The maximum atomic E-state index is 5.66. The minimum atomic E-state index is 0.332. The highest BCUT2D eigenvalue weighted by atomic mass is 15.1. The van der Waals surface area contributed by atoms with Crippen LogP contribution in [0.15, 0.2) is 0 Å². The van der Waals surface area contributed by atoms with Crippen molar-refractivity contribution in [3.63, 3.8) is 0 Å². The molecule has 3 nitrogen and oxygen atoms in total. The number of nitrogens with one attached hydrogen (secondary N) is 1. The molecular formula is C10H23N3. The normalized spacial score (nSPS) is 26.5. The lowest BCUT2D eigenvalue weighted by Crippen LogP contribution is -2.29. The van der Waals surface area contributed by atoms with Crippen LogP contribution in [0, 0.1) is 5.92 Å². The summed E-state index contributed by atoms with van der Waals surface area (Å²) in [5.74, 6) is 0.859. The van der Waals surface area contributed by atoms with Crippen LogP contribution in [0.1, 0.15) is 19.8 Å². The van der Waals surface area contributed by atoms with E-state index >= 15 is 0 Å². The van der Waals surface area contributed by atoms with Gasteiger partial charge in [-0.05, 0) is 52.4 Å². The molecule has 0 spiro atoms. The van der Waals surface area contributed by atoms with Crippen LogP contribution in [-0.4, -0.2) is 44.2 Å². The van der Waals surface area contributed by atoms with E-state index in [1.165, 1.54) is 19.5 Å². The molecule has 1 rings (SSSR count). The molecular weight excluding hydrogens is 162 g/mol. The predicted octanol–water partition coefficient (Wildman–Crippen LogP) is 0.265. The molecule has 0 radical (unpaired) electrons. The van der Waals surface area contributed by atoms with Gasteiger partial charge in [0.2, 0.25) is 0 Å². The Morgan fingerprint density at radius 2 is 2.38 bits per heavy atom. The molecule has 1 heterocycles. The van der Waals surface area contributed by atoms with E-state index in [9.17, 15) is 0 Å². The van der Waals surface area contributed by atoms with Gasteiger partial charge in [0, 0.05) is 12.6 Å². The lowest BCUT2D eigenvalue weighted by atomic mass is 10.1.